The van der Waals surface area contributed by atoms with E-state index in [0.717, 1.165) is 12.0 Å². The molecule has 3 rings (SSSR count). The zero-order valence-electron chi connectivity index (χ0n) is 16.2. The van der Waals surface area contributed by atoms with Gasteiger partial charge in [-0.1, -0.05) is 31.2 Å². The quantitative estimate of drug-likeness (QED) is 0.735. The number of aryl methyl sites for hydroxylation is 1. The van der Waals surface area contributed by atoms with E-state index in [-0.39, 0.29) is 36.3 Å². The van der Waals surface area contributed by atoms with Gasteiger partial charge in [-0.15, -0.1) is 0 Å². The van der Waals surface area contributed by atoms with Crippen LogP contribution in [0.25, 0.3) is 0 Å². The first-order chi connectivity index (χ1) is 13.5. The van der Waals surface area contributed by atoms with Crippen molar-refractivity contribution in [3.63, 3.8) is 0 Å². The fourth-order valence-electron chi connectivity index (χ4n) is 3.13. The number of nitrogens with one attached hydrogen (secondary N) is 1. The zero-order chi connectivity index (χ0) is 20.1. The summed E-state index contributed by atoms with van der Waals surface area (Å²) in [6.45, 7) is 3.65. The molecule has 2 N–H and O–H groups in total. The second-order valence-corrected chi connectivity index (χ2v) is 6.85. The van der Waals surface area contributed by atoms with Crippen LogP contribution < -0.4 is 5.32 Å². The van der Waals surface area contributed by atoms with Gasteiger partial charge in [0.15, 0.2) is 5.69 Å². The zero-order valence-corrected chi connectivity index (χ0v) is 16.2. The molecular formula is C20H26N4O4. The van der Waals surface area contributed by atoms with E-state index in [4.69, 9.17) is 4.74 Å². The number of β-amino-alcohol motifs (C(OH)–C–C–N with tert-alkyl or cyclic N) is 1. The summed E-state index contributed by atoms with van der Waals surface area (Å²) in [6, 6.07) is 9.61. The first-order valence-electron chi connectivity index (χ1n) is 9.42. The van der Waals surface area contributed by atoms with E-state index < -0.39 is 6.10 Å². The number of aliphatic hydroxyl groups excluding tert-OH is 1. The van der Waals surface area contributed by atoms with Crippen LogP contribution in [-0.4, -0.2) is 64.5 Å². The van der Waals surface area contributed by atoms with Gasteiger partial charge in [0.25, 0.3) is 11.8 Å². The number of methoxy groups -OCH3 is 1. The van der Waals surface area contributed by atoms with Gasteiger partial charge in [-0.05, 0) is 17.5 Å². The Kier molecular flexibility index (Phi) is 6.43. The molecule has 28 heavy (non-hydrogen) atoms. The first-order valence-corrected chi connectivity index (χ1v) is 9.42. The molecule has 0 saturated carbocycles. The lowest BCUT2D eigenvalue weighted by atomic mass is 10.1. The summed E-state index contributed by atoms with van der Waals surface area (Å²) in [5.41, 5.74) is 2.70. The van der Waals surface area contributed by atoms with Gasteiger partial charge in [-0.25, -0.2) is 0 Å². The Morgan fingerprint density at radius 1 is 1.36 bits per heavy atom. The van der Waals surface area contributed by atoms with Crippen molar-refractivity contribution in [3.8, 4) is 0 Å². The summed E-state index contributed by atoms with van der Waals surface area (Å²) in [5, 5.41) is 16.8. The van der Waals surface area contributed by atoms with Gasteiger partial charge in [0, 0.05) is 32.8 Å². The lowest BCUT2D eigenvalue weighted by molar-refractivity contribution is 0.0672. The smallest absolute Gasteiger partial charge is 0.274 e. The molecule has 1 unspecified atom stereocenters. The van der Waals surface area contributed by atoms with Crippen molar-refractivity contribution in [2.45, 2.75) is 32.5 Å². The molecule has 150 valence electrons. The highest BCUT2D eigenvalue weighted by molar-refractivity contribution is 5.98. The maximum Gasteiger partial charge on any atom is 0.274 e. The Labute approximate surface area is 164 Å². The Morgan fingerprint density at radius 3 is 2.75 bits per heavy atom. The fraction of sp³-hybridized carbons (Fsp3) is 0.450. The molecule has 8 nitrogen and oxygen atoms in total. The normalized spacial score (nSPS) is 16.2. The second kappa shape index (κ2) is 8.99. The molecule has 2 aromatic rings. The highest BCUT2D eigenvalue weighted by atomic mass is 16.5. The molecular weight excluding hydrogens is 360 g/mol. The third-order valence-electron chi connectivity index (χ3n) is 4.77. The number of aliphatic hydroxyl groups is 1. The molecule has 1 aliphatic rings. The molecule has 1 aliphatic heterocycles. The van der Waals surface area contributed by atoms with Crippen LogP contribution in [0, 0.1) is 0 Å². The van der Waals surface area contributed by atoms with E-state index in [1.165, 1.54) is 16.3 Å². The van der Waals surface area contributed by atoms with Gasteiger partial charge in [0.05, 0.1) is 19.3 Å². The highest BCUT2D eigenvalue weighted by Gasteiger charge is 2.26. The maximum atomic E-state index is 13.1. The van der Waals surface area contributed by atoms with Gasteiger partial charge in [-0.3, -0.25) is 14.3 Å². The largest absolute Gasteiger partial charge is 0.389 e. The first kappa shape index (κ1) is 20.0. The Bertz CT molecular complexity index is 831. The number of aromatic nitrogens is 2. The van der Waals surface area contributed by atoms with Crippen LogP contribution in [0.4, 0.5) is 0 Å². The molecule has 1 aromatic heterocycles. The molecule has 0 fully saturated rings. The second-order valence-electron chi connectivity index (χ2n) is 6.85. The molecule has 8 heteroatoms. The average Bonchev–Trinajstić information content (AvgIpc) is 3.07. The SMILES string of the molecule is CCc1ccc(CN(CCOC)C(=O)c2cc3n(n2)CC(O)CNC3=O)cc1. The number of rotatable bonds is 7. The van der Waals surface area contributed by atoms with Crippen LogP contribution in [0.5, 0.6) is 0 Å². The number of ether oxygens (including phenoxy) is 1. The number of amides is 2. The minimum Gasteiger partial charge on any atom is -0.389 e. The summed E-state index contributed by atoms with van der Waals surface area (Å²) in [6.07, 6.45) is 0.218. The van der Waals surface area contributed by atoms with Crippen LogP contribution in [-0.2, 0) is 24.2 Å². The van der Waals surface area contributed by atoms with Crippen molar-refractivity contribution in [2.75, 3.05) is 26.8 Å². The van der Waals surface area contributed by atoms with E-state index in [0.29, 0.717) is 19.7 Å². The van der Waals surface area contributed by atoms with Crippen LogP contribution in [0.15, 0.2) is 30.3 Å². The minimum absolute atomic E-state index is 0.165. The van der Waals surface area contributed by atoms with E-state index >= 15 is 0 Å². The lowest BCUT2D eigenvalue weighted by Gasteiger charge is -2.22. The number of carbonyl (C=O) groups excluding carboxylic acids is 2. The third kappa shape index (κ3) is 4.58. The van der Waals surface area contributed by atoms with Crippen LogP contribution >= 0.6 is 0 Å². The Balaban J connectivity index is 1.82. The topological polar surface area (TPSA) is 96.7 Å². The summed E-state index contributed by atoms with van der Waals surface area (Å²) in [5.74, 6) is -0.624. The van der Waals surface area contributed by atoms with Crippen molar-refractivity contribution in [2.24, 2.45) is 0 Å². The molecule has 0 radical (unpaired) electrons. The van der Waals surface area contributed by atoms with Gasteiger partial charge in [0.1, 0.15) is 5.69 Å². The standard InChI is InChI=1S/C20H26N4O4/c1-3-14-4-6-15(7-5-14)12-23(8-9-28-2)20(27)17-10-18-19(26)21-11-16(25)13-24(18)22-17/h4-7,10,16,25H,3,8-9,11-13H2,1-2H3,(H,21,26). The summed E-state index contributed by atoms with van der Waals surface area (Å²) < 4.78 is 6.54. The highest BCUT2D eigenvalue weighted by Crippen LogP contribution is 2.14. The lowest BCUT2D eigenvalue weighted by Crippen LogP contribution is -2.34. The monoisotopic (exact) mass is 386 g/mol. The molecule has 1 atom stereocenters. The van der Waals surface area contributed by atoms with Crippen molar-refractivity contribution in [3.05, 3.63) is 52.8 Å². The Hall–Kier alpha value is -2.71. The molecule has 2 amide bonds. The van der Waals surface area contributed by atoms with Gasteiger partial charge in [-0.2, -0.15) is 5.10 Å². The number of benzene rings is 1. The van der Waals surface area contributed by atoms with E-state index in [2.05, 4.69) is 29.5 Å². The maximum absolute atomic E-state index is 13.1. The number of carbonyl (C=O) groups is 2. The van der Waals surface area contributed by atoms with Crippen molar-refractivity contribution >= 4 is 11.8 Å². The molecule has 0 saturated heterocycles. The van der Waals surface area contributed by atoms with Gasteiger partial charge >= 0.3 is 0 Å². The predicted octanol–water partition coefficient (Wildman–Crippen LogP) is 0.839. The molecule has 0 bridgehead atoms. The molecule has 0 spiro atoms. The van der Waals surface area contributed by atoms with E-state index in [9.17, 15) is 14.7 Å². The number of fused-ring (bicyclic) bond motifs is 1. The Morgan fingerprint density at radius 2 is 2.07 bits per heavy atom. The number of hydrogen-bond acceptors (Lipinski definition) is 5. The summed E-state index contributed by atoms with van der Waals surface area (Å²) in [4.78, 5) is 26.9. The summed E-state index contributed by atoms with van der Waals surface area (Å²) >= 11 is 0. The summed E-state index contributed by atoms with van der Waals surface area (Å²) in [7, 11) is 1.59. The van der Waals surface area contributed by atoms with E-state index in [1.54, 1.807) is 12.0 Å². The van der Waals surface area contributed by atoms with Crippen molar-refractivity contribution < 1.29 is 19.4 Å². The number of hydrogen-bond donors (Lipinski definition) is 2. The van der Waals surface area contributed by atoms with Crippen LogP contribution in [0.2, 0.25) is 0 Å². The predicted molar refractivity (Wildman–Crippen MR) is 103 cm³/mol. The van der Waals surface area contributed by atoms with Gasteiger partial charge < -0.3 is 20.1 Å². The average molecular weight is 386 g/mol. The molecule has 0 aliphatic carbocycles. The fourth-order valence-corrected chi connectivity index (χ4v) is 3.13. The van der Waals surface area contributed by atoms with Crippen molar-refractivity contribution in [1.82, 2.24) is 20.0 Å². The molecule has 2 heterocycles. The minimum atomic E-state index is -0.741. The van der Waals surface area contributed by atoms with E-state index in [1.807, 2.05) is 12.1 Å². The third-order valence-corrected chi connectivity index (χ3v) is 4.77. The van der Waals surface area contributed by atoms with Gasteiger partial charge in [0.2, 0.25) is 0 Å². The van der Waals surface area contributed by atoms with Crippen LogP contribution in [0.3, 0.4) is 0 Å². The van der Waals surface area contributed by atoms with Crippen LogP contribution in [0.1, 0.15) is 39.0 Å². The number of nitrogens with zero attached hydrogens (tertiary/aromatic N) is 3. The molecule has 1 aromatic carbocycles. The van der Waals surface area contributed by atoms with Crippen molar-refractivity contribution in [1.29, 1.82) is 0 Å².